The van der Waals surface area contributed by atoms with Gasteiger partial charge in [0.25, 0.3) is 0 Å². The van der Waals surface area contributed by atoms with E-state index in [9.17, 15) is 14.0 Å². The van der Waals surface area contributed by atoms with Crippen LogP contribution in [0, 0.1) is 5.82 Å². The second-order valence-electron chi connectivity index (χ2n) is 5.58. The summed E-state index contributed by atoms with van der Waals surface area (Å²) in [6.45, 7) is -0.131. The Morgan fingerprint density at radius 1 is 1.15 bits per heavy atom. The Hall–Kier alpha value is -3.09. The van der Waals surface area contributed by atoms with Crippen molar-refractivity contribution in [3.8, 4) is 11.5 Å². The number of halogens is 1. The van der Waals surface area contributed by atoms with Crippen molar-refractivity contribution in [1.29, 1.82) is 0 Å². The molecule has 6 nitrogen and oxygen atoms in total. The van der Waals surface area contributed by atoms with E-state index in [0.29, 0.717) is 24.3 Å². The lowest BCUT2D eigenvalue weighted by Crippen LogP contribution is -2.23. The van der Waals surface area contributed by atoms with Crippen LogP contribution in [-0.2, 0) is 22.6 Å². The molecule has 0 saturated heterocycles. The maximum absolute atomic E-state index is 13.6. The molecule has 2 rings (SSSR count). The van der Waals surface area contributed by atoms with Crippen LogP contribution in [0.2, 0.25) is 0 Å². The van der Waals surface area contributed by atoms with Crippen molar-refractivity contribution < 1.29 is 28.6 Å². The van der Waals surface area contributed by atoms with Gasteiger partial charge in [-0.05, 0) is 41.8 Å². The maximum Gasteiger partial charge on any atom is 0.341 e. The number of amides is 1. The second-order valence-corrected chi connectivity index (χ2v) is 5.58. The van der Waals surface area contributed by atoms with Crippen LogP contribution in [0.3, 0.4) is 0 Å². The van der Waals surface area contributed by atoms with Crippen LogP contribution in [0.4, 0.5) is 4.39 Å². The summed E-state index contributed by atoms with van der Waals surface area (Å²) in [7, 11) is 1.40. The summed E-state index contributed by atoms with van der Waals surface area (Å²) in [4.78, 5) is 22.5. The Labute approximate surface area is 150 Å². The molecule has 138 valence electrons. The van der Waals surface area contributed by atoms with Gasteiger partial charge in [0.2, 0.25) is 5.91 Å². The summed E-state index contributed by atoms with van der Waals surface area (Å²) < 4.78 is 23.6. The molecule has 0 aliphatic heterocycles. The van der Waals surface area contributed by atoms with E-state index in [2.05, 4.69) is 5.32 Å². The molecule has 2 aromatic carbocycles. The average molecular weight is 361 g/mol. The van der Waals surface area contributed by atoms with Crippen LogP contribution >= 0.6 is 0 Å². The first-order valence-corrected chi connectivity index (χ1v) is 8.00. The third kappa shape index (κ3) is 6.08. The number of carbonyl (C=O) groups excluding carboxylic acids is 1. The third-order valence-electron chi connectivity index (χ3n) is 3.61. The van der Waals surface area contributed by atoms with E-state index >= 15 is 0 Å². The van der Waals surface area contributed by atoms with E-state index in [4.69, 9.17) is 14.6 Å². The number of benzene rings is 2. The first kappa shape index (κ1) is 19.2. The lowest BCUT2D eigenvalue weighted by Gasteiger charge is -2.08. The topological polar surface area (TPSA) is 84.9 Å². The second kappa shape index (κ2) is 9.41. The first-order valence-electron chi connectivity index (χ1n) is 8.00. The molecule has 0 heterocycles. The SMILES string of the molecule is COc1ccc(CCC(=O)NCc2cccc(OCC(=O)O)c2)cc1F. The number of carboxylic acid groups (broad SMARTS) is 1. The van der Waals surface area contributed by atoms with Crippen LogP contribution < -0.4 is 14.8 Å². The molecule has 0 saturated carbocycles. The summed E-state index contributed by atoms with van der Waals surface area (Å²) in [5.74, 6) is -1.09. The molecule has 0 aliphatic rings. The minimum absolute atomic E-state index is 0.168. The van der Waals surface area contributed by atoms with Crippen molar-refractivity contribution in [2.75, 3.05) is 13.7 Å². The van der Waals surface area contributed by atoms with Crippen molar-refractivity contribution in [2.45, 2.75) is 19.4 Å². The summed E-state index contributed by atoms with van der Waals surface area (Å²) in [5, 5.41) is 11.4. The number of aryl methyl sites for hydroxylation is 1. The number of hydrogen-bond acceptors (Lipinski definition) is 4. The highest BCUT2D eigenvalue weighted by Gasteiger charge is 2.07. The van der Waals surface area contributed by atoms with E-state index in [-0.39, 0.29) is 18.1 Å². The van der Waals surface area contributed by atoms with Gasteiger partial charge in [-0.3, -0.25) is 4.79 Å². The Kier molecular flexibility index (Phi) is 6.96. The normalized spacial score (nSPS) is 10.2. The van der Waals surface area contributed by atoms with Gasteiger partial charge in [-0.1, -0.05) is 18.2 Å². The van der Waals surface area contributed by atoms with Crippen molar-refractivity contribution in [1.82, 2.24) is 5.32 Å². The van der Waals surface area contributed by atoms with Crippen LogP contribution in [-0.4, -0.2) is 30.7 Å². The molecule has 2 aromatic rings. The van der Waals surface area contributed by atoms with Crippen molar-refractivity contribution >= 4 is 11.9 Å². The number of methoxy groups -OCH3 is 1. The highest BCUT2D eigenvalue weighted by Crippen LogP contribution is 2.18. The maximum atomic E-state index is 13.6. The van der Waals surface area contributed by atoms with E-state index in [1.165, 1.54) is 19.2 Å². The summed E-state index contributed by atoms with van der Waals surface area (Å²) in [5.41, 5.74) is 1.50. The van der Waals surface area contributed by atoms with E-state index in [1.807, 2.05) is 0 Å². The van der Waals surface area contributed by atoms with Gasteiger partial charge in [-0.25, -0.2) is 9.18 Å². The number of hydrogen-bond donors (Lipinski definition) is 2. The fourth-order valence-electron chi connectivity index (χ4n) is 2.30. The van der Waals surface area contributed by atoms with Crippen LogP contribution in [0.1, 0.15) is 17.5 Å². The monoisotopic (exact) mass is 361 g/mol. The molecular weight excluding hydrogens is 341 g/mol. The van der Waals surface area contributed by atoms with Gasteiger partial charge >= 0.3 is 5.97 Å². The van der Waals surface area contributed by atoms with Crippen LogP contribution in [0.5, 0.6) is 11.5 Å². The summed E-state index contributed by atoms with van der Waals surface area (Å²) in [6, 6.07) is 11.4. The largest absolute Gasteiger partial charge is 0.494 e. The Bertz CT molecular complexity index is 778. The lowest BCUT2D eigenvalue weighted by molar-refractivity contribution is -0.139. The minimum Gasteiger partial charge on any atom is -0.494 e. The number of aliphatic carboxylic acids is 1. The Balaban J connectivity index is 1.80. The quantitative estimate of drug-likeness (QED) is 0.717. The molecule has 0 bridgehead atoms. The van der Waals surface area contributed by atoms with Crippen LogP contribution in [0.25, 0.3) is 0 Å². The molecule has 0 fully saturated rings. The number of ether oxygens (including phenoxy) is 2. The Morgan fingerprint density at radius 3 is 2.65 bits per heavy atom. The van der Waals surface area contributed by atoms with Crippen molar-refractivity contribution in [3.05, 3.63) is 59.4 Å². The average Bonchev–Trinajstić information content (AvgIpc) is 2.63. The zero-order chi connectivity index (χ0) is 18.9. The molecule has 0 atom stereocenters. The zero-order valence-corrected chi connectivity index (χ0v) is 14.3. The van der Waals surface area contributed by atoms with Gasteiger partial charge in [-0.2, -0.15) is 0 Å². The molecule has 0 unspecified atom stereocenters. The predicted molar refractivity (Wildman–Crippen MR) is 92.7 cm³/mol. The van der Waals surface area contributed by atoms with E-state index in [0.717, 1.165) is 5.56 Å². The van der Waals surface area contributed by atoms with Gasteiger partial charge in [0, 0.05) is 13.0 Å². The summed E-state index contributed by atoms with van der Waals surface area (Å²) >= 11 is 0. The molecule has 2 N–H and O–H groups in total. The van der Waals surface area contributed by atoms with Crippen molar-refractivity contribution in [2.24, 2.45) is 0 Å². The van der Waals surface area contributed by atoms with Crippen LogP contribution in [0.15, 0.2) is 42.5 Å². The van der Waals surface area contributed by atoms with E-state index in [1.54, 1.807) is 30.3 Å². The predicted octanol–water partition coefficient (Wildman–Crippen LogP) is 2.55. The molecule has 0 aliphatic carbocycles. The van der Waals surface area contributed by atoms with Gasteiger partial charge in [0.15, 0.2) is 18.2 Å². The van der Waals surface area contributed by atoms with Crippen molar-refractivity contribution in [3.63, 3.8) is 0 Å². The number of nitrogens with one attached hydrogen (secondary N) is 1. The first-order chi connectivity index (χ1) is 12.5. The zero-order valence-electron chi connectivity index (χ0n) is 14.3. The molecule has 26 heavy (non-hydrogen) atoms. The fourth-order valence-corrected chi connectivity index (χ4v) is 2.30. The van der Waals surface area contributed by atoms with Gasteiger partial charge in [-0.15, -0.1) is 0 Å². The highest BCUT2D eigenvalue weighted by atomic mass is 19.1. The minimum atomic E-state index is -1.06. The molecule has 0 spiro atoms. The molecule has 0 radical (unpaired) electrons. The number of carboxylic acids is 1. The fraction of sp³-hybridized carbons (Fsp3) is 0.263. The third-order valence-corrected chi connectivity index (χ3v) is 3.61. The van der Waals surface area contributed by atoms with E-state index < -0.39 is 18.4 Å². The molecule has 0 aromatic heterocycles. The van der Waals surface area contributed by atoms with Gasteiger partial charge < -0.3 is 19.9 Å². The highest BCUT2D eigenvalue weighted by molar-refractivity contribution is 5.76. The molecule has 7 heteroatoms. The molecule has 1 amide bonds. The lowest BCUT2D eigenvalue weighted by atomic mass is 10.1. The van der Waals surface area contributed by atoms with Gasteiger partial charge in [0.05, 0.1) is 7.11 Å². The number of rotatable bonds is 9. The van der Waals surface area contributed by atoms with Gasteiger partial charge in [0.1, 0.15) is 5.75 Å². The standard InChI is InChI=1S/C19H20FNO5/c1-25-17-7-5-13(10-16(17)20)6-8-18(22)21-11-14-3-2-4-15(9-14)26-12-19(23)24/h2-5,7,9-10H,6,8,11-12H2,1H3,(H,21,22)(H,23,24). The number of carbonyl (C=O) groups is 2. The summed E-state index contributed by atoms with van der Waals surface area (Å²) in [6.07, 6.45) is 0.634. The Morgan fingerprint density at radius 2 is 1.96 bits per heavy atom. The molecular formula is C19H20FNO5. The smallest absolute Gasteiger partial charge is 0.341 e.